The van der Waals surface area contributed by atoms with Crippen LogP contribution in [0.25, 0.3) is 5.69 Å². The first-order valence-electron chi connectivity index (χ1n) is 7.33. The number of hydrogen-bond acceptors (Lipinski definition) is 6. The molecule has 0 saturated carbocycles. The highest BCUT2D eigenvalue weighted by Gasteiger charge is 2.31. The van der Waals surface area contributed by atoms with E-state index in [1.807, 2.05) is 12.1 Å². The third-order valence-electron chi connectivity index (χ3n) is 3.62. The smallest absolute Gasteiger partial charge is 0.359 e. The van der Waals surface area contributed by atoms with Crippen LogP contribution < -0.4 is 10.1 Å². The van der Waals surface area contributed by atoms with E-state index in [-0.39, 0.29) is 24.6 Å². The molecule has 0 fully saturated rings. The maximum absolute atomic E-state index is 12.2. The molecule has 3 rings (SSSR count). The molecule has 2 heterocycles. The minimum atomic E-state index is -0.578. The van der Waals surface area contributed by atoms with Gasteiger partial charge in [0.15, 0.2) is 11.5 Å². The third-order valence-corrected chi connectivity index (χ3v) is 3.62. The number of carbonyl (C=O) groups is 2. The van der Waals surface area contributed by atoms with Gasteiger partial charge in [-0.05, 0) is 31.2 Å². The van der Waals surface area contributed by atoms with Gasteiger partial charge in [0.1, 0.15) is 5.75 Å². The lowest BCUT2D eigenvalue weighted by Gasteiger charge is -2.14. The van der Waals surface area contributed by atoms with Crippen LogP contribution in [0.2, 0.25) is 0 Å². The van der Waals surface area contributed by atoms with Crippen molar-refractivity contribution in [1.29, 1.82) is 0 Å². The summed E-state index contributed by atoms with van der Waals surface area (Å²) in [6, 6.07) is 7.23. The highest BCUT2D eigenvalue weighted by molar-refractivity contribution is 6.07. The molecule has 0 radical (unpaired) electrons. The number of nitrogens with zero attached hydrogens (tertiary/aromatic N) is 2. The van der Waals surface area contributed by atoms with E-state index >= 15 is 0 Å². The normalized spacial score (nSPS) is 13.6. The van der Waals surface area contributed by atoms with E-state index < -0.39 is 5.97 Å². The number of carbonyl (C=O) groups excluding carboxylic acids is 2. The lowest BCUT2D eigenvalue weighted by molar-refractivity contribution is 0.0515. The molecule has 0 bridgehead atoms. The number of rotatable bonds is 4. The molecular formula is C16H17N3O4. The van der Waals surface area contributed by atoms with Crippen molar-refractivity contribution < 1.29 is 19.1 Å². The van der Waals surface area contributed by atoms with E-state index in [2.05, 4.69) is 10.4 Å². The van der Waals surface area contributed by atoms with E-state index in [9.17, 15) is 9.59 Å². The predicted molar refractivity (Wildman–Crippen MR) is 82.1 cm³/mol. The molecule has 0 unspecified atom stereocenters. The van der Waals surface area contributed by atoms with Crippen molar-refractivity contribution in [2.75, 3.05) is 20.3 Å². The molecule has 120 valence electrons. The molecule has 0 atom stereocenters. The van der Waals surface area contributed by atoms with Crippen LogP contribution in [-0.4, -0.2) is 41.8 Å². The average Bonchev–Trinajstić information content (AvgIpc) is 2.96. The molecule has 1 aromatic heterocycles. The van der Waals surface area contributed by atoms with E-state index in [1.54, 1.807) is 30.8 Å². The SMILES string of the molecule is CCOC(=O)c1nn(-c2ccc(OC)cc2)c2c1C(=O)CNC2. The van der Waals surface area contributed by atoms with Gasteiger partial charge >= 0.3 is 5.97 Å². The van der Waals surface area contributed by atoms with Crippen molar-refractivity contribution in [3.05, 3.63) is 41.2 Å². The Morgan fingerprint density at radius 1 is 1.30 bits per heavy atom. The fraction of sp³-hybridized carbons (Fsp3) is 0.312. The quantitative estimate of drug-likeness (QED) is 0.858. The lowest BCUT2D eigenvalue weighted by atomic mass is 10.0. The van der Waals surface area contributed by atoms with E-state index in [0.29, 0.717) is 17.8 Å². The topological polar surface area (TPSA) is 82.4 Å². The van der Waals surface area contributed by atoms with Crippen LogP contribution in [-0.2, 0) is 11.3 Å². The van der Waals surface area contributed by atoms with E-state index in [0.717, 1.165) is 11.4 Å². The summed E-state index contributed by atoms with van der Waals surface area (Å²) < 4.78 is 11.8. The minimum absolute atomic E-state index is 0.0733. The van der Waals surface area contributed by atoms with Crippen LogP contribution >= 0.6 is 0 Å². The number of fused-ring (bicyclic) bond motifs is 1. The Balaban J connectivity index is 2.11. The number of aromatic nitrogens is 2. The van der Waals surface area contributed by atoms with E-state index in [1.165, 1.54) is 0 Å². The van der Waals surface area contributed by atoms with Crippen molar-refractivity contribution in [1.82, 2.24) is 15.1 Å². The number of benzene rings is 1. The number of ether oxygens (including phenoxy) is 2. The summed E-state index contributed by atoms with van der Waals surface area (Å²) in [5.74, 6) is -0.0186. The molecule has 1 N–H and O–H groups in total. The predicted octanol–water partition coefficient (Wildman–Crippen LogP) is 1.34. The molecule has 0 spiro atoms. The van der Waals surface area contributed by atoms with Crippen molar-refractivity contribution in [2.24, 2.45) is 0 Å². The number of ketones is 1. The zero-order valence-corrected chi connectivity index (χ0v) is 13.0. The van der Waals surface area contributed by atoms with Crippen LogP contribution in [0, 0.1) is 0 Å². The molecule has 1 aliphatic rings. The van der Waals surface area contributed by atoms with Crippen LogP contribution in [0.4, 0.5) is 0 Å². The van der Waals surface area contributed by atoms with Gasteiger partial charge in [-0.15, -0.1) is 0 Å². The summed E-state index contributed by atoms with van der Waals surface area (Å²) in [6.45, 7) is 2.59. The van der Waals surface area contributed by atoms with Gasteiger partial charge < -0.3 is 14.8 Å². The van der Waals surface area contributed by atoms with Crippen LogP contribution in [0.3, 0.4) is 0 Å². The molecule has 1 aliphatic heterocycles. The van der Waals surface area contributed by atoms with Crippen molar-refractivity contribution in [3.63, 3.8) is 0 Å². The van der Waals surface area contributed by atoms with E-state index in [4.69, 9.17) is 9.47 Å². The Labute approximate surface area is 133 Å². The molecule has 23 heavy (non-hydrogen) atoms. The van der Waals surface area contributed by atoms with Gasteiger partial charge in [-0.25, -0.2) is 9.48 Å². The second kappa shape index (κ2) is 6.21. The first kappa shape index (κ1) is 15.2. The molecule has 0 saturated heterocycles. The van der Waals surface area contributed by atoms with Gasteiger partial charge in [0.2, 0.25) is 0 Å². The van der Waals surface area contributed by atoms with Gasteiger partial charge in [0, 0.05) is 6.54 Å². The molecule has 0 aliphatic carbocycles. The zero-order chi connectivity index (χ0) is 16.4. The van der Waals surface area contributed by atoms with Crippen LogP contribution in [0.5, 0.6) is 5.75 Å². The second-order valence-corrected chi connectivity index (χ2v) is 5.03. The number of methoxy groups -OCH3 is 1. The fourth-order valence-corrected chi connectivity index (χ4v) is 2.57. The van der Waals surface area contributed by atoms with Gasteiger partial charge in [-0.1, -0.05) is 0 Å². The average molecular weight is 315 g/mol. The maximum Gasteiger partial charge on any atom is 0.359 e. The molecule has 1 aromatic carbocycles. The summed E-state index contributed by atoms with van der Waals surface area (Å²) in [4.78, 5) is 24.3. The molecule has 0 amide bonds. The summed E-state index contributed by atoms with van der Waals surface area (Å²) in [7, 11) is 1.59. The zero-order valence-electron chi connectivity index (χ0n) is 13.0. The molecule has 7 heteroatoms. The van der Waals surface area contributed by atoms with Crippen molar-refractivity contribution in [2.45, 2.75) is 13.5 Å². The Morgan fingerprint density at radius 2 is 2.04 bits per heavy atom. The minimum Gasteiger partial charge on any atom is -0.497 e. The summed E-state index contributed by atoms with van der Waals surface area (Å²) in [5.41, 5.74) is 1.82. The van der Waals surface area contributed by atoms with Gasteiger partial charge in [-0.3, -0.25) is 4.79 Å². The van der Waals surface area contributed by atoms with Crippen molar-refractivity contribution in [3.8, 4) is 11.4 Å². The first-order valence-corrected chi connectivity index (χ1v) is 7.33. The number of esters is 1. The van der Waals surface area contributed by atoms with Gasteiger partial charge in [-0.2, -0.15) is 5.10 Å². The summed E-state index contributed by atoms with van der Waals surface area (Å²) >= 11 is 0. The second-order valence-electron chi connectivity index (χ2n) is 5.03. The fourth-order valence-electron chi connectivity index (χ4n) is 2.57. The molecule has 2 aromatic rings. The monoisotopic (exact) mass is 315 g/mol. The largest absolute Gasteiger partial charge is 0.497 e. The standard InChI is InChI=1S/C16H17N3O4/c1-3-23-16(21)15-14-12(8-17-9-13(14)20)19(18-15)10-4-6-11(22-2)7-5-10/h4-7,17H,3,8-9H2,1-2H3. The first-order chi connectivity index (χ1) is 11.2. The number of Topliss-reactive ketones (excluding diaryl/α,β-unsaturated/α-hetero) is 1. The Hall–Kier alpha value is -2.67. The molecular weight excluding hydrogens is 298 g/mol. The van der Waals surface area contributed by atoms with Crippen LogP contribution in [0.1, 0.15) is 33.5 Å². The third kappa shape index (κ3) is 2.70. The summed E-state index contributed by atoms with van der Waals surface area (Å²) in [5, 5.41) is 7.35. The number of nitrogens with one attached hydrogen (secondary N) is 1. The summed E-state index contributed by atoms with van der Waals surface area (Å²) in [6.07, 6.45) is 0. The Kier molecular flexibility index (Phi) is 4.12. The Morgan fingerprint density at radius 3 is 2.70 bits per heavy atom. The Bertz CT molecular complexity index is 749. The highest BCUT2D eigenvalue weighted by Crippen LogP contribution is 2.24. The molecule has 7 nitrogen and oxygen atoms in total. The maximum atomic E-state index is 12.2. The number of hydrogen-bond donors (Lipinski definition) is 1. The lowest BCUT2D eigenvalue weighted by Crippen LogP contribution is -2.31. The van der Waals surface area contributed by atoms with Gasteiger partial charge in [0.25, 0.3) is 0 Å². The van der Waals surface area contributed by atoms with Gasteiger partial charge in [0.05, 0.1) is 37.2 Å². The van der Waals surface area contributed by atoms with Crippen LogP contribution in [0.15, 0.2) is 24.3 Å². The van der Waals surface area contributed by atoms with Crippen molar-refractivity contribution >= 4 is 11.8 Å². The highest BCUT2D eigenvalue weighted by atomic mass is 16.5.